The molecule has 0 aliphatic heterocycles. The van der Waals surface area contributed by atoms with Gasteiger partial charge in [0.15, 0.2) is 0 Å². The minimum absolute atomic E-state index is 0.317. The van der Waals surface area contributed by atoms with E-state index in [1.165, 1.54) is 12.1 Å². The summed E-state index contributed by atoms with van der Waals surface area (Å²) in [6.07, 6.45) is 1.99. The van der Waals surface area contributed by atoms with Gasteiger partial charge >= 0.3 is 0 Å². The normalized spacial score (nSPS) is 12.2. The molecular formula is C15H14ClFOS. The van der Waals surface area contributed by atoms with Gasteiger partial charge in [0.05, 0.1) is 12.5 Å². The first kappa shape index (κ1) is 14.2. The maximum atomic E-state index is 13.4. The van der Waals surface area contributed by atoms with Crippen molar-refractivity contribution in [2.24, 2.45) is 0 Å². The Morgan fingerprint density at radius 3 is 2.58 bits per heavy atom. The van der Waals surface area contributed by atoms with Gasteiger partial charge in [0.25, 0.3) is 0 Å². The van der Waals surface area contributed by atoms with Crippen LogP contribution in [0.3, 0.4) is 0 Å². The van der Waals surface area contributed by atoms with Crippen LogP contribution >= 0.6 is 23.4 Å². The summed E-state index contributed by atoms with van der Waals surface area (Å²) in [7, 11) is 1.56. The van der Waals surface area contributed by atoms with Crippen LogP contribution in [0.2, 0.25) is 0 Å². The largest absolute Gasteiger partial charge is 0.496 e. The number of benzene rings is 2. The molecule has 0 saturated carbocycles. The standard InChI is InChI=1S/C15H14ClFOS/c1-18-13-8-7-10(17)9-12(13)15(16)11-5-3-4-6-14(11)19-2/h3-9,15H,1-2H3. The molecule has 2 rings (SSSR count). The summed E-state index contributed by atoms with van der Waals surface area (Å²) in [6, 6.07) is 12.2. The molecule has 0 bridgehead atoms. The predicted octanol–water partition coefficient (Wildman–Crippen LogP) is 4.88. The lowest BCUT2D eigenvalue weighted by atomic mass is 10.0. The molecule has 2 aromatic carbocycles. The van der Waals surface area contributed by atoms with Crippen LogP contribution in [0.15, 0.2) is 47.4 Å². The van der Waals surface area contributed by atoms with Gasteiger partial charge in [-0.2, -0.15) is 0 Å². The quantitative estimate of drug-likeness (QED) is 0.587. The highest BCUT2D eigenvalue weighted by atomic mass is 35.5. The molecule has 1 unspecified atom stereocenters. The van der Waals surface area contributed by atoms with E-state index in [1.807, 2.05) is 30.5 Å². The monoisotopic (exact) mass is 296 g/mol. The maximum absolute atomic E-state index is 13.4. The fourth-order valence-electron chi connectivity index (χ4n) is 1.95. The van der Waals surface area contributed by atoms with Crippen LogP contribution in [0, 0.1) is 5.82 Å². The lowest BCUT2D eigenvalue weighted by Crippen LogP contribution is -1.99. The predicted molar refractivity (Wildman–Crippen MR) is 78.9 cm³/mol. The van der Waals surface area contributed by atoms with Crippen molar-refractivity contribution >= 4 is 23.4 Å². The Labute approximate surface area is 121 Å². The van der Waals surface area contributed by atoms with Gasteiger partial charge in [0, 0.05) is 10.5 Å². The van der Waals surface area contributed by atoms with Crippen LogP contribution in [-0.4, -0.2) is 13.4 Å². The highest BCUT2D eigenvalue weighted by Gasteiger charge is 2.19. The van der Waals surface area contributed by atoms with Gasteiger partial charge in [0.1, 0.15) is 11.6 Å². The van der Waals surface area contributed by atoms with Gasteiger partial charge in [-0.3, -0.25) is 0 Å². The van der Waals surface area contributed by atoms with Crippen molar-refractivity contribution in [1.29, 1.82) is 0 Å². The van der Waals surface area contributed by atoms with Crippen molar-refractivity contribution in [3.63, 3.8) is 0 Å². The van der Waals surface area contributed by atoms with Gasteiger partial charge in [-0.1, -0.05) is 18.2 Å². The van der Waals surface area contributed by atoms with E-state index in [4.69, 9.17) is 16.3 Å². The Kier molecular flexibility index (Phi) is 4.72. The molecule has 4 heteroatoms. The third kappa shape index (κ3) is 3.04. The summed E-state index contributed by atoms with van der Waals surface area (Å²) in [6.45, 7) is 0. The molecule has 0 aliphatic carbocycles. The summed E-state index contributed by atoms with van der Waals surface area (Å²) in [5.74, 6) is 0.278. The molecule has 0 spiro atoms. The molecule has 2 aromatic rings. The summed E-state index contributed by atoms with van der Waals surface area (Å²) in [4.78, 5) is 1.08. The summed E-state index contributed by atoms with van der Waals surface area (Å²) in [5, 5.41) is -0.436. The fourth-order valence-corrected chi connectivity index (χ4v) is 3.01. The molecule has 0 amide bonds. The van der Waals surface area contributed by atoms with Gasteiger partial charge in [-0.05, 0) is 36.1 Å². The smallest absolute Gasteiger partial charge is 0.124 e. The van der Waals surface area contributed by atoms with E-state index in [9.17, 15) is 4.39 Å². The molecular weight excluding hydrogens is 283 g/mol. The molecule has 0 saturated heterocycles. The van der Waals surface area contributed by atoms with Crippen LogP contribution in [0.25, 0.3) is 0 Å². The second-order valence-corrected chi connectivity index (χ2v) is 5.28. The summed E-state index contributed by atoms with van der Waals surface area (Å²) >= 11 is 8.13. The Bertz CT molecular complexity index is 574. The van der Waals surface area contributed by atoms with Crippen molar-refractivity contribution in [2.45, 2.75) is 10.3 Å². The topological polar surface area (TPSA) is 9.23 Å². The number of alkyl halides is 1. The van der Waals surface area contributed by atoms with Crippen molar-refractivity contribution < 1.29 is 9.13 Å². The van der Waals surface area contributed by atoms with Gasteiger partial charge in [-0.15, -0.1) is 23.4 Å². The van der Waals surface area contributed by atoms with E-state index in [2.05, 4.69) is 0 Å². The van der Waals surface area contributed by atoms with Gasteiger partial charge in [0.2, 0.25) is 0 Å². The third-order valence-electron chi connectivity index (χ3n) is 2.88. The van der Waals surface area contributed by atoms with Crippen LogP contribution in [0.5, 0.6) is 5.75 Å². The van der Waals surface area contributed by atoms with E-state index in [-0.39, 0.29) is 5.82 Å². The fraction of sp³-hybridized carbons (Fsp3) is 0.200. The molecule has 0 aliphatic rings. The molecule has 0 radical (unpaired) electrons. The Balaban J connectivity index is 2.49. The molecule has 0 aromatic heterocycles. The van der Waals surface area contributed by atoms with E-state index >= 15 is 0 Å². The first-order valence-electron chi connectivity index (χ1n) is 5.77. The second-order valence-electron chi connectivity index (χ2n) is 3.99. The third-order valence-corrected chi connectivity index (χ3v) is 4.16. The molecule has 0 N–H and O–H groups in total. The Hall–Kier alpha value is -1.19. The van der Waals surface area contributed by atoms with Gasteiger partial charge < -0.3 is 4.74 Å². The first-order valence-corrected chi connectivity index (χ1v) is 7.44. The Morgan fingerprint density at radius 2 is 1.89 bits per heavy atom. The molecule has 100 valence electrons. The molecule has 19 heavy (non-hydrogen) atoms. The number of thioether (sulfide) groups is 1. The van der Waals surface area contributed by atoms with Crippen molar-refractivity contribution in [2.75, 3.05) is 13.4 Å². The lowest BCUT2D eigenvalue weighted by Gasteiger charge is -2.16. The zero-order valence-corrected chi connectivity index (χ0v) is 12.3. The van der Waals surface area contributed by atoms with Crippen LogP contribution in [0.4, 0.5) is 4.39 Å². The van der Waals surface area contributed by atoms with E-state index in [0.29, 0.717) is 11.3 Å². The zero-order chi connectivity index (χ0) is 13.8. The minimum Gasteiger partial charge on any atom is -0.496 e. The van der Waals surface area contributed by atoms with Gasteiger partial charge in [-0.25, -0.2) is 4.39 Å². The number of hydrogen-bond donors (Lipinski definition) is 0. The number of methoxy groups -OCH3 is 1. The minimum atomic E-state index is -0.436. The Morgan fingerprint density at radius 1 is 1.16 bits per heavy atom. The number of ether oxygens (including phenoxy) is 1. The average molecular weight is 297 g/mol. The lowest BCUT2D eigenvalue weighted by molar-refractivity contribution is 0.408. The van der Waals surface area contributed by atoms with Crippen molar-refractivity contribution in [1.82, 2.24) is 0 Å². The molecule has 1 atom stereocenters. The SMILES string of the molecule is COc1ccc(F)cc1C(Cl)c1ccccc1SC. The summed E-state index contributed by atoms with van der Waals surface area (Å²) in [5.41, 5.74) is 1.60. The molecule has 0 heterocycles. The first-order chi connectivity index (χ1) is 9.17. The molecule has 1 nitrogen and oxygen atoms in total. The van der Waals surface area contributed by atoms with E-state index < -0.39 is 5.38 Å². The van der Waals surface area contributed by atoms with E-state index in [0.717, 1.165) is 10.5 Å². The summed E-state index contributed by atoms with van der Waals surface area (Å²) < 4.78 is 18.7. The van der Waals surface area contributed by atoms with Crippen LogP contribution < -0.4 is 4.74 Å². The second kappa shape index (κ2) is 6.31. The number of halogens is 2. The number of hydrogen-bond acceptors (Lipinski definition) is 2. The average Bonchev–Trinajstić information content (AvgIpc) is 2.46. The van der Waals surface area contributed by atoms with Crippen molar-refractivity contribution in [3.05, 3.63) is 59.4 Å². The number of rotatable bonds is 4. The zero-order valence-electron chi connectivity index (χ0n) is 10.7. The van der Waals surface area contributed by atoms with Crippen LogP contribution in [0.1, 0.15) is 16.5 Å². The molecule has 0 fully saturated rings. The highest BCUT2D eigenvalue weighted by Crippen LogP contribution is 2.39. The van der Waals surface area contributed by atoms with Crippen molar-refractivity contribution in [3.8, 4) is 5.75 Å². The van der Waals surface area contributed by atoms with Crippen LogP contribution in [-0.2, 0) is 0 Å². The van der Waals surface area contributed by atoms with E-state index in [1.54, 1.807) is 24.9 Å². The maximum Gasteiger partial charge on any atom is 0.124 e. The highest BCUT2D eigenvalue weighted by molar-refractivity contribution is 7.98.